The number of hydrogen-bond acceptors (Lipinski definition) is 3. The van der Waals surface area contributed by atoms with Gasteiger partial charge in [-0.3, -0.25) is 4.79 Å². The van der Waals surface area contributed by atoms with E-state index < -0.39 is 9.84 Å². The number of carbonyl (C=O) groups excluding carboxylic acids is 1. The summed E-state index contributed by atoms with van der Waals surface area (Å²) in [4.78, 5) is 14.0. The molecule has 0 N–H and O–H groups in total. The van der Waals surface area contributed by atoms with Crippen LogP contribution in [0.2, 0.25) is 0 Å². The molecule has 1 heterocycles. The molecule has 1 unspecified atom stereocenters. The first-order valence-electron chi connectivity index (χ1n) is 6.35. The number of amides is 1. The lowest BCUT2D eigenvalue weighted by Crippen LogP contribution is -2.38. The highest BCUT2D eigenvalue weighted by Gasteiger charge is 2.33. The molecule has 0 spiro atoms. The zero-order valence-electron chi connectivity index (χ0n) is 11.5. The third-order valence-electron chi connectivity index (χ3n) is 3.69. The molecule has 2 rings (SSSR count). The molecule has 0 radical (unpaired) electrons. The first-order valence-corrected chi connectivity index (χ1v) is 8.17. The van der Waals surface area contributed by atoms with Gasteiger partial charge in [0.2, 0.25) is 0 Å². The van der Waals surface area contributed by atoms with Crippen molar-refractivity contribution >= 4 is 15.7 Å². The Hall–Kier alpha value is -1.36. The van der Waals surface area contributed by atoms with E-state index in [9.17, 15) is 13.2 Å². The molecule has 5 heteroatoms. The van der Waals surface area contributed by atoms with E-state index in [0.29, 0.717) is 12.0 Å². The summed E-state index contributed by atoms with van der Waals surface area (Å²) in [6.07, 6.45) is 0.537. The average Bonchev–Trinajstić information content (AvgIpc) is 2.68. The summed E-state index contributed by atoms with van der Waals surface area (Å²) in [6.45, 7) is 3.88. The Balaban J connectivity index is 2.20. The quantitative estimate of drug-likeness (QED) is 0.826. The van der Waals surface area contributed by atoms with Gasteiger partial charge in [0.1, 0.15) is 0 Å². The van der Waals surface area contributed by atoms with Gasteiger partial charge in [-0.05, 0) is 31.9 Å². The minimum absolute atomic E-state index is 0.0835. The Morgan fingerprint density at radius 3 is 2.53 bits per heavy atom. The van der Waals surface area contributed by atoms with Crippen LogP contribution in [0, 0.1) is 13.8 Å². The molecular formula is C14H19NO3S. The first kappa shape index (κ1) is 14.1. The van der Waals surface area contributed by atoms with Crippen molar-refractivity contribution in [1.82, 2.24) is 4.90 Å². The standard InChI is InChI=1S/C14H19NO3S/c1-10-4-5-13(11(2)8-10)14(16)15(3)12-6-7-19(17,18)9-12/h4-5,8,12H,6-7,9H2,1-3H3. The predicted octanol–water partition coefficient (Wildman–Crippen LogP) is 1.56. The third-order valence-corrected chi connectivity index (χ3v) is 5.44. The largest absolute Gasteiger partial charge is 0.338 e. The van der Waals surface area contributed by atoms with Crippen LogP contribution in [0.15, 0.2) is 18.2 Å². The van der Waals surface area contributed by atoms with Gasteiger partial charge in [0.05, 0.1) is 11.5 Å². The van der Waals surface area contributed by atoms with Gasteiger partial charge in [0, 0.05) is 18.7 Å². The molecule has 1 saturated heterocycles. The highest BCUT2D eigenvalue weighted by atomic mass is 32.2. The van der Waals surface area contributed by atoms with Crippen LogP contribution >= 0.6 is 0 Å². The van der Waals surface area contributed by atoms with Crippen molar-refractivity contribution in [3.05, 3.63) is 34.9 Å². The molecule has 0 bridgehead atoms. The Labute approximate surface area is 114 Å². The van der Waals surface area contributed by atoms with Crippen LogP contribution in [-0.2, 0) is 9.84 Å². The summed E-state index contributed by atoms with van der Waals surface area (Å²) in [6, 6.07) is 5.48. The third kappa shape index (κ3) is 2.97. The van der Waals surface area contributed by atoms with Gasteiger partial charge >= 0.3 is 0 Å². The molecule has 0 saturated carbocycles. The summed E-state index contributed by atoms with van der Waals surface area (Å²) in [5.41, 5.74) is 2.69. The van der Waals surface area contributed by atoms with Gasteiger partial charge < -0.3 is 4.90 Å². The van der Waals surface area contributed by atoms with Crippen molar-refractivity contribution in [2.75, 3.05) is 18.6 Å². The first-order chi connectivity index (χ1) is 8.80. The summed E-state index contributed by atoms with van der Waals surface area (Å²) in [7, 11) is -1.28. The molecule has 1 amide bonds. The fraction of sp³-hybridized carbons (Fsp3) is 0.500. The fourth-order valence-corrected chi connectivity index (χ4v) is 4.26. The number of carbonyl (C=O) groups is 1. The highest BCUT2D eigenvalue weighted by Crippen LogP contribution is 2.20. The smallest absolute Gasteiger partial charge is 0.254 e. The average molecular weight is 281 g/mol. The maximum Gasteiger partial charge on any atom is 0.254 e. The number of rotatable bonds is 2. The minimum Gasteiger partial charge on any atom is -0.338 e. The van der Waals surface area contributed by atoms with Gasteiger partial charge in [-0.2, -0.15) is 0 Å². The zero-order valence-corrected chi connectivity index (χ0v) is 12.3. The van der Waals surface area contributed by atoms with Crippen LogP contribution in [0.3, 0.4) is 0 Å². The number of benzene rings is 1. The van der Waals surface area contributed by atoms with Gasteiger partial charge in [0.15, 0.2) is 9.84 Å². The van der Waals surface area contributed by atoms with Crippen LogP contribution in [0.4, 0.5) is 0 Å². The van der Waals surface area contributed by atoms with Gasteiger partial charge in [-0.1, -0.05) is 17.7 Å². The molecule has 0 aromatic heterocycles. The summed E-state index contributed by atoms with van der Waals surface area (Å²) < 4.78 is 23.0. The van der Waals surface area contributed by atoms with Gasteiger partial charge in [0.25, 0.3) is 5.91 Å². The topological polar surface area (TPSA) is 54.5 Å². The highest BCUT2D eigenvalue weighted by molar-refractivity contribution is 7.91. The summed E-state index contributed by atoms with van der Waals surface area (Å²) >= 11 is 0. The van der Waals surface area contributed by atoms with Crippen molar-refractivity contribution in [2.24, 2.45) is 0 Å². The lowest BCUT2D eigenvalue weighted by molar-refractivity contribution is 0.0747. The van der Waals surface area contributed by atoms with Crippen molar-refractivity contribution in [3.8, 4) is 0 Å². The van der Waals surface area contributed by atoms with E-state index in [-0.39, 0.29) is 23.5 Å². The van der Waals surface area contributed by atoms with Gasteiger partial charge in [-0.25, -0.2) is 8.42 Å². The van der Waals surface area contributed by atoms with E-state index in [4.69, 9.17) is 0 Å². The molecule has 1 aromatic rings. The van der Waals surface area contributed by atoms with Crippen LogP contribution in [0.5, 0.6) is 0 Å². The van der Waals surface area contributed by atoms with Crippen LogP contribution in [0.25, 0.3) is 0 Å². The second-order valence-corrected chi connectivity index (χ2v) is 7.52. The maximum atomic E-state index is 12.4. The number of aryl methyl sites for hydroxylation is 2. The van der Waals surface area contributed by atoms with E-state index in [1.165, 1.54) is 0 Å². The number of sulfone groups is 1. The lowest BCUT2D eigenvalue weighted by atomic mass is 10.0. The van der Waals surface area contributed by atoms with Gasteiger partial charge in [-0.15, -0.1) is 0 Å². The molecule has 1 atom stereocenters. The summed E-state index contributed by atoms with van der Waals surface area (Å²) in [5, 5.41) is 0. The maximum absolute atomic E-state index is 12.4. The SMILES string of the molecule is Cc1ccc(C(=O)N(C)C2CCS(=O)(=O)C2)c(C)c1. The van der Waals surface area contributed by atoms with Crippen LogP contribution in [-0.4, -0.2) is 43.8 Å². The lowest BCUT2D eigenvalue weighted by Gasteiger charge is -2.24. The monoisotopic (exact) mass is 281 g/mol. The Morgan fingerprint density at radius 2 is 2.00 bits per heavy atom. The van der Waals surface area contributed by atoms with E-state index in [2.05, 4.69) is 0 Å². The van der Waals surface area contributed by atoms with Crippen molar-refractivity contribution in [3.63, 3.8) is 0 Å². The molecule has 1 aliphatic rings. The van der Waals surface area contributed by atoms with E-state index in [1.807, 2.05) is 32.0 Å². The molecule has 19 heavy (non-hydrogen) atoms. The van der Waals surface area contributed by atoms with Crippen molar-refractivity contribution in [1.29, 1.82) is 0 Å². The molecule has 4 nitrogen and oxygen atoms in total. The molecule has 104 valence electrons. The molecular weight excluding hydrogens is 262 g/mol. The predicted molar refractivity (Wildman–Crippen MR) is 75.1 cm³/mol. The second kappa shape index (κ2) is 4.96. The number of nitrogens with zero attached hydrogens (tertiary/aromatic N) is 1. The molecule has 1 aromatic carbocycles. The van der Waals surface area contributed by atoms with Crippen molar-refractivity contribution in [2.45, 2.75) is 26.3 Å². The fourth-order valence-electron chi connectivity index (χ4n) is 2.49. The summed E-state index contributed by atoms with van der Waals surface area (Å²) in [5.74, 6) is 0.169. The minimum atomic E-state index is -2.97. The van der Waals surface area contributed by atoms with E-state index >= 15 is 0 Å². The Bertz CT molecular complexity index is 607. The second-order valence-electron chi connectivity index (χ2n) is 5.29. The van der Waals surface area contributed by atoms with Crippen LogP contribution < -0.4 is 0 Å². The zero-order chi connectivity index (χ0) is 14.2. The molecule has 1 fully saturated rings. The van der Waals surface area contributed by atoms with E-state index in [1.54, 1.807) is 11.9 Å². The Kier molecular flexibility index (Phi) is 3.67. The van der Waals surface area contributed by atoms with Crippen molar-refractivity contribution < 1.29 is 13.2 Å². The molecule has 1 aliphatic heterocycles. The number of hydrogen-bond donors (Lipinski definition) is 0. The van der Waals surface area contributed by atoms with E-state index in [0.717, 1.165) is 11.1 Å². The van der Waals surface area contributed by atoms with Crippen LogP contribution in [0.1, 0.15) is 27.9 Å². The normalized spacial score (nSPS) is 21.3. The molecule has 0 aliphatic carbocycles. The Morgan fingerprint density at radius 1 is 1.32 bits per heavy atom.